The van der Waals surface area contributed by atoms with Gasteiger partial charge in [0.1, 0.15) is 11.6 Å². The molecule has 0 aliphatic carbocycles. The number of rotatable bonds is 3. The summed E-state index contributed by atoms with van der Waals surface area (Å²) < 4.78 is 33.0. The predicted molar refractivity (Wildman–Crippen MR) is 62.1 cm³/mol. The summed E-state index contributed by atoms with van der Waals surface area (Å²) in [5, 5.41) is 4.13. The zero-order valence-electron chi connectivity index (χ0n) is 10.0. The maximum atomic E-state index is 13.6. The highest BCUT2D eigenvalue weighted by atomic mass is 19.1. The second kappa shape index (κ2) is 4.73. The maximum Gasteiger partial charge on any atom is 0.211 e. The molecule has 0 bridgehead atoms. The van der Waals surface area contributed by atoms with Crippen molar-refractivity contribution in [3.05, 3.63) is 47.2 Å². The molecule has 1 unspecified atom stereocenters. The van der Waals surface area contributed by atoms with Crippen molar-refractivity contribution in [2.75, 3.05) is 7.11 Å². The molecule has 2 aromatic rings. The molecule has 6 heteroatoms. The molecule has 1 heterocycles. The first-order valence-electron chi connectivity index (χ1n) is 5.31. The molecule has 0 saturated carbocycles. The summed E-state index contributed by atoms with van der Waals surface area (Å²) in [5.41, 5.74) is 6.56. The second-order valence-electron chi connectivity index (χ2n) is 3.88. The Kier molecular flexibility index (Phi) is 3.29. The molecule has 0 fully saturated rings. The molecule has 0 saturated heterocycles. The number of nitrogens with two attached hydrogens (primary N) is 1. The first-order chi connectivity index (χ1) is 8.52. The monoisotopic (exact) mass is 253 g/mol. The van der Waals surface area contributed by atoms with Crippen molar-refractivity contribution in [2.45, 2.75) is 6.04 Å². The Morgan fingerprint density at radius 3 is 2.61 bits per heavy atom. The van der Waals surface area contributed by atoms with E-state index in [2.05, 4.69) is 5.10 Å². The smallest absolute Gasteiger partial charge is 0.211 e. The Hall–Kier alpha value is -1.95. The molecular weight excluding hydrogens is 240 g/mol. The van der Waals surface area contributed by atoms with Gasteiger partial charge in [0.15, 0.2) is 0 Å². The number of methoxy groups -OCH3 is 1. The molecule has 96 valence electrons. The molecule has 4 nitrogen and oxygen atoms in total. The third kappa shape index (κ3) is 2.19. The third-order valence-corrected chi connectivity index (χ3v) is 2.68. The normalized spacial score (nSPS) is 12.5. The van der Waals surface area contributed by atoms with Crippen LogP contribution in [0.5, 0.6) is 5.88 Å². The third-order valence-electron chi connectivity index (χ3n) is 2.68. The Bertz CT molecular complexity index is 568. The molecule has 1 atom stereocenters. The standard InChI is InChI=1S/C12H13F2N3O/c1-17-11(18-2)6-10(16-17)12(15)8-4-3-7(13)5-9(8)14/h3-6,12H,15H2,1-2H3. The van der Waals surface area contributed by atoms with Crippen molar-refractivity contribution in [3.8, 4) is 5.88 Å². The number of halogens is 2. The second-order valence-corrected chi connectivity index (χ2v) is 3.88. The van der Waals surface area contributed by atoms with E-state index in [0.29, 0.717) is 11.6 Å². The minimum absolute atomic E-state index is 0.192. The van der Waals surface area contributed by atoms with E-state index in [4.69, 9.17) is 10.5 Å². The van der Waals surface area contributed by atoms with E-state index in [1.165, 1.54) is 23.9 Å². The van der Waals surface area contributed by atoms with Crippen LogP contribution in [0.4, 0.5) is 8.78 Å². The Labute approximate surface area is 103 Å². The highest BCUT2D eigenvalue weighted by molar-refractivity contribution is 5.31. The van der Waals surface area contributed by atoms with Gasteiger partial charge in [-0.3, -0.25) is 0 Å². The van der Waals surface area contributed by atoms with Gasteiger partial charge >= 0.3 is 0 Å². The van der Waals surface area contributed by atoms with Crippen molar-refractivity contribution < 1.29 is 13.5 Å². The molecule has 0 amide bonds. The summed E-state index contributed by atoms with van der Waals surface area (Å²) in [6.07, 6.45) is 0. The van der Waals surface area contributed by atoms with E-state index in [9.17, 15) is 8.78 Å². The van der Waals surface area contributed by atoms with Crippen molar-refractivity contribution in [2.24, 2.45) is 12.8 Å². The molecule has 18 heavy (non-hydrogen) atoms. The fraction of sp³-hybridized carbons (Fsp3) is 0.250. The number of nitrogens with zero attached hydrogens (tertiary/aromatic N) is 2. The molecular formula is C12H13F2N3O. The van der Waals surface area contributed by atoms with Crippen LogP contribution < -0.4 is 10.5 Å². The van der Waals surface area contributed by atoms with Crippen LogP contribution in [0.15, 0.2) is 24.3 Å². The van der Waals surface area contributed by atoms with E-state index < -0.39 is 17.7 Å². The number of ether oxygens (including phenoxy) is 1. The highest BCUT2D eigenvalue weighted by Crippen LogP contribution is 2.24. The first kappa shape index (κ1) is 12.5. The van der Waals surface area contributed by atoms with Crippen LogP contribution in [0, 0.1) is 11.6 Å². The van der Waals surface area contributed by atoms with Crippen LogP contribution in [0.25, 0.3) is 0 Å². The van der Waals surface area contributed by atoms with Gasteiger partial charge in [0.25, 0.3) is 0 Å². The SMILES string of the molecule is COc1cc(C(N)c2ccc(F)cc2F)nn1C. The Balaban J connectivity index is 2.37. The summed E-state index contributed by atoms with van der Waals surface area (Å²) in [6, 6.07) is 4.14. The summed E-state index contributed by atoms with van der Waals surface area (Å²) in [5.74, 6) is -0.808. The first-order valence-corrected chi connectivity index (χ1v) is 5.31. The van der Waals surface area contributed by atoms with Crippen molar-refractivity contribution in [3.63, 3.8) is 0 Å². The minimum Gasteiger partial charge on any atom is -0.481 e. The van der Waals surface area contributed by atoms with Gasteiger partial charge in [-0.05, 0) is 6.07 Å². The van der Waals surface area contributed by atoms with Crippen molar-refractivity contribution in [1.29, 1.82) is 0 Å². The molecule has 1 aromatic carbocycles. The lowest BCUT2D eigenvalue weighted by molar-refractivity contribution is 0.373. The van der Waals surface area contributed by atoms with Crippen LogP contribution in [0.2, 0.25) is 0 Å². The quantitative estimate of drug-likeness (QED) is 0.906. The zero-order chi connectivity index (χ0) is 13.3. The molecule has 2 N–H and O–H groups in total. The van der Waals surface area contributed by atoms with E-state index >= 15 is 0 Å². The van der Waals surface area contributed by atoms with Gasteiger partial charge < -0.3 is 10.5 Å². The number of aromatic nitrogens is 2. The lowest BCUT2D eigenvalue weighted by atomic mass is 10.0. The lowest BCUT2D eigenvalue weighted by Gasteiger charge is -2.09. The van der Waals surface area contributed by atoms with Gasteiger partial charge in [-0.15, -0.1) is 0 Å². The highest BCUT2D eigenvalue weighted by Gasteiger charge is 2.18. The fourth-order valence-electron chi connectivity index (χ4n) is 1.73. The number of aryl methyl sites for hydroxylation is 1. The van der Waals surface area contributed by atoms with Crippen LogP contribution in [0.3, 0.4) is 0 Å². The summed E-state index contributed by atoms with van der Waals surface area (Å²) >= 11 is 0. The average Bonchev–Trinajstić information content (AvgIpc) is 2.70. The molecule has 0 aliphatic heterocycles. The number of hydrogen-bond acceptors (Lipinski definition) is 3. The maximum absolute atomic E-state index is 13.6. The van der Waals surface area contributed by atoms with Gasteiger partial charge in [-0.25, -0.2) is 13.5 Å². The van der Waals surface area contributed by atoms with Crippen LogP contribution in [-0.2, 0) is 7.05 Å². The largest absolute Gasteiger partial charge is 0.481 e. The van der Waals surface area contributed by atoms with Crippen LogP contribution in [-0.4, -0.2) is 16.9 Å². The van der Waals surface area contributed by atoms with E-state index in [0.717, 1.165) is 6.07 Å². The number of hydrogen-bond donors (Lipinski definition) is 1. The molecule has 0 aliphatic rings. The van der Waals surface area contributed by atoms with E-state index in [-0.39, 0.29) is 5.56 Å². The van der Waals surface area contributed by atoms with E-state index in [1.54, 1.807) is 13.1 Å². The van der Waals surface area contributed by atoms with Gasteiger partial charge in [0.05, 0.1) is 18.8 Å². The van der Waals surface area contributed by atoms with Gasteiger partial charge in [-0.1, -0.05) is 6.07 Å². The van der Waals surface area contributed by atoms with E-state index in [1.807, 2.05) is 0 Å². The van der Waals surface area contributed by atoms with Gasteiger partial charge in [0, 0.05) is 24.7 Å². The Morgan fingerprint density at radius 2 is 2.06 bits per heavy atom. The van der Waals surface area contributed by atoms with Crippen LogP contribution in [0.1, 0.15) is 17.3 Å². The molecule has 0 radical (unpaired) electrons. The zero-order valence-corrected chi connectivity index (χ0v) is 10.0. The average molecular weight is 253 g/mol. The Morgan fingerprint density at radius 1 is 1.33 bits per heavy atom. The lowest BCUT2D eigenvalue weighted by Crippen LogP contribution is -2.14. The van der Waals surface area contributed by atoms with Crippen LogP contribution >= 0.6 is 0 Å². The summed E-state index contributed by atoms with van der Waals surface area (Å²) in [6.45, 7) is 0. The number of benzene rings is 1. The van der Waals surface area contributed by atoms with Crippen molar-refractivity contribution in [1.82, 2.24) is 9.78 Å². The summed E-state index contributed by atoms with van der Waals surface area (Å²) in [4.78, 5) is 0. The topological polar surface area (TPSA) is 53.1 Å². The summed E-state index contributed by atoms with van der Waals surface area (Å²) in [7, 11) is 3.20. The minimum atomic E-state index is -0.763. The molecule has 1 aromatic heterocycles. The van der Waals surface area contributed by atoms with Crippen molar-refractivity contribution >= 4 is 0 Å². The predicted octanol–water partition coefficient (Wildman–Crippen LogP) is 1.75. The van der Waals surface area contributed by atoms with Gasteiger partial charge in [0.2, 0.25) is 5.88 Å². The molecule has 0 spiro atoms. The van der Waals surface area contributed by atoms with Gasteiger partial charge in [-0.2, -0.15) is 5.10 Å². The molecule has 2 rings (SSSR count). The fourth-order valence-corrected chi connectivity index (χ4v) is 1.73.